The molecule has 10 heteroatoms. The number of nitrogens with one attached hydrogen (secondary N) is 2. The Bertz CT molecular complexity index is 962. The predicted molar refractivity (Wildman–Crippen MR) is 117 cm³/mol. The van der Waals surface area contributed by atoms with Gasteiger partial charge in [0, 0.05) is 24.5 Å². The Morgan fingerprint density at radius 1 is 0.967 bits per heavy atom. The minimum Gasteiger partial charge on any atom is -0.435 e. The Morgan fingerprint density at radius 3 is 2.23 bits per heavy atom. The van der Waals surface area contributed by atoms with Gasteiger partial charge in [0.15, 0.2) is 5.11 Å². The molecule has 0 unspecified atom stereocenters. The molecule has 30 heavy (non-hydrogen) atoms. The standard InChI is InChI=1S/C20H23F2N3O3S2/c21-19(22)28-17-10-8-15(9-11-17)23-20(29)24-16-6-5-7-18(14-16)30(26,27)25-12-3-1-2-4-13-25/h5-11,14,19H,1-4,12-13H2,(H2,23,24,29). The maximum Gasteiger partial charge on any atom is 0.387 e. The fourth-order valence-electron chi connectivity index (χ4n) is 3.18. The second kappa shape index (κ2) is 10.1. The highest BCUT2D eigenvalue weighted by Gasteiger charge is 2.25. The summed E-state index contributed by atoms with van der Waals surface area (Å²) >= 11 is 5.27. The molecule has 0 radical (unpaired) electrons. The van der Waals surface area contributed by atoms with Gasteiger partial charge < -0.3 is 15.4 Å². The third kappa shape index (κ3) is 6.10. The van der Waals surface area contributed by atoms with Gasteiger partial charge in [-0.2, -0.15) is 13.1 Å². The largest absolute Gasteiger partial charge is 0.435 e. The average Bonchev–Trinajstić information content (AvgIpc) is 2.99. The number of nitrogens with zero attached hydrogens (tertiary/aromatic N) is 1. The van der Waals surface area contributed by atoms with Crippen molar-refractivity contribution in [2.45, 2.75) is 37.2 Å². The second-order valence-corrected chi connectivity index (χ2v) is 9.17. The molecule has 0 bridgehead atoms. The quantitative estimate of drug-likeness (QED) is 0.618. The van der Waals surface area contributed by atoms with E-state index in [1.54, 1.807) is 40.7 Å². The van der Waals surface area contributed by atoms with Crippen molar-refractivity contribution < 1.29 is 21.9 Å². The molecule has 2 N–H and O–H groups in total. The summed E-state index contributed by atoms with van der Waals surface area (Å²) in [4.78, 5) is 0.214. The summed E-state index contributed by atoms with van der Waals surface area (Å²) < 4.78 is 56.2. The molecule has 0 spiro atoms. The van der Waals surface area contributed by atoms with Crippen LogP contribution in [0.4, 0.5) is 20.2 Å². The fourth-order valence-corrected chi connectivity index (χ4v) is 4.98. The maximum absolute atomic E-state index is 13.0. The number of thiocarbonyl (C=S) groups is 1. The summed E-state index contributed by atoms with van der Waals surface area (Å²) in [6.45, 7) is -1.82. The zero-order valence-electron chi connectivity index (χ0n) is 16.2. The first kappa shape index (κ1) is 22.4. The molecular formula is C20H23F2N3O3S2. The molecule has 0 aromatic heterocycles. The van der Waals surface area contributed by atoms with Crippen LogP contribution in [0.1, 0.15) is 25.7 Å². The molecule has 1 heterocycles. The van der Waals surface area contributed by atoms with E-state index in [0.717, 1.165) is 25.7 Å². The third-order valence-electron chi connectivity index (χ3n) is 4.63. The Morgan fingerprint density at radius 2 is 1.60 bits per heavy atom. The maximum atomic E-state index is 13.0. The number of ether oxygens (including phenoxy) is 1. The average molecular weight is 456 g/mol. The van der Waals surface area contributed by atoms with Crippen LogP contribution in [-0.4, -0.2) is 37.5 Å². The van der Waals surface area contributed by atoms with Crippen molar-refractivity contribution in [3.05, 3.63) is 48.5 Å². The SMILES string of the molecule is O=S(=O)(c1cccc(NC(=S)Nc2ccc(OC(F)F)cc2)c1)N1CCCCCC1. The lowest BCUT2D eigenvalue weighted by Gasteiger charge is -2.20. The first-order valence-electron chi connectivity index (χ1n) is 9.58. The van der Waals surface area contributed by atoms with Crippen LogP contribution in [0.2, 0.25) is 0 Å². The van der Waals surface area contributed by atoms with Crippen molar-refractivity contribution in [1.29, 1.82) is 0 Å². The third-order valence-corrected chi connectivity index (χ3v) is 6.73. The van der Waals surface area contributed by atoms with Gasteiger partial charge in [-0.05, 0) is 67.5 Å². The lowest BCUT2D eigenvalue weighted by atomic mass is 10.2. The fraction of sp³-hybridized carbons (Fsp3) is 0.350. The Balaban J connectivity index is 1.65. The van der Waals surface area contributed by atoms with Gasteiger partial charge in [0.05, 0.1) is 4.90 Å². The van der Waals surface area contributed by atoms with E-state index in [4.69, 9.17) is 12.2 Å². The van der Waals surface area contributed by atoms with Gasteiger partial charge in [0.2, 0.25) is 10.0 Å². The Hall–Kier alpha value is -2.30. The van der Waals surface area contributed by atoms with E-state index in [0.29, 0.717) is 24.5 Å². The van der Waals surface area contributed by atoms with Crippen molar-refractivity contribution in [3.63, 3.8) is 0 Å². The Labute approximate surface area is 180 Å². The van der Waals surface area contributed by atoms with E-state index >= 15 is 0 Å². The van der Waals surface area contributed by atoms with E-state index in [1.807, 2.05) is 0 Å². The van der Waals surface area contributed by atoms with Gasteiger partial charge in [0.25, 0.3) is 0 Å². The molecule has 6 nitrogen and oxygen atoms in total. The first-order valence-corrected chi connectivity index (χ1v) is 11.4. The van der Waals surface area contributed by atoms with Crippen LogP contribution in [0.5, 0.6) is 5.75 Å². The minimum atomic E-state index is -3.56. The second-order valence-electron chi connectivity index (χ2n) is 6.83. The summed E-state index contributed by atoms with van der Waals surface area (Å²) in [5.74, 6) is 0.0425. The number of halogens is 2. The highest BCUT2D eigenvalue weighted by Crippen LogP contribution is 2.23. The molecule has 0 aliphatic carbocycles. The van der Waals surface area contributed by atoms with E-state index in [2.05, 4.69) is 15.4 Å². The van der Waals surface area contributed by atoms with Crippen LogP contribution in [-0.2, 0) is 10.0 Å². The van der Waals surface area contributed by atoms with Crippen molar-refractivity contribution in [1.82, 2.24) is 4.31 Å². The molecule has 1 fully saturated rings. The normalized spacial score (nSPS) is 15.4. The molecule has 1 aliphatic heterocycles. The molecule has 0 amide bonds. The van der Waals surface area contributed by atoms with Crippen molar-refractivity contribution in [2.75, 3.05) is 23.7 Å². The molecule has 162 valence electrons. The lowest BCUT2D eigenvalue weighted by Crippen LogP contribution is -2.32. The summed E-state index contributed by atoms with van der Waals surface area (Å²) in [5, 5.41) is 6.11. The molecule has 2 aromatic carbocycles. The first-order chi connectivity index (χ1) is 14.3. The van der Waals surface area contributed by atoms with Crippen LogP contribution < -0.4 is 15.4 Å². The molecule has 0 saturated carbocycles. The molecule has 1 aliphatic rings. The number of anilines is 2. The van der Waals surface area contributed by atoms with Crippen LogP contribution in [0.15, 0.2) is 53.4 Å². The molecule has 3 rings (SSSR count). The smallest absolute Gasteiger partial charge is 0.387 e. The van der Waals surface area contributed by atoms with Crippen LogP contribution in [0.25, 0.3) is 0 Å². The summed E-state index contributed by atoms with van der Waals surface area (Å²) in [7, 11) is -3.56. The number of benzene rings is 2. The van der Waals surface area contributed by atoms with Gasteiger partial charge in [-0.1, -0.05) is 18.9 Å². The molecule has 2 aromatic rings. The number of hydrogen-bond acceptors (Lipinski definition) is 4. The van der Waals surface area contributed by atoms with Gasteiger partial charge in [0.1, 0.15) is 5.75 Å². The summed E-state index contributed by atoms with van der Waals surface area (Å²) in [6, 6.07) is 12.4. The molecular weight excluding hydrogens is 432 g/mol. The predicted octanol–water partition coefficient (Wildman–Crippen LogP) is 4.66. The molecule has 0 atom stereocenters. The van der Waals surface area contributed by atoms with Gasteiger partial charge in [-0.3, -0.25) is 0 Å². The van der Waals surface area contributed by atoms with E-state index in [-0.39, 0.29) is 15.8 Å². The van der Waals surface area contributed by atoms with Crippen LogP contribution in [0, 0.1) is 0 Å². The number of rotatable bonds is 6. The summed E-state index contributed by atoms with van der Waals surface area (Å²) in [6.07, 6.45) is 3.82. The lowest BCUT2D eigenvalue weighted by molar-refractivity contribution is -0.0498. The number of sulfonamides is 1. The van der Waals surface area contributed by atoms with Gasteiger partial charge >= 0.3 is 6.61 Å². The minimum absolute atomic E-state index is 0.0425. The van der Waals surface area contributed by atoms with Crippen LogP contribution >= 0.6 is 12.2 Å². The van der Waals surface area contributed by atoms with Crippen molar-refractivity contribution >= 4 is 38.7 Å². The topological polar surface area (TPSA) is 70.7 Å². The molecule has 1 saturated heterocycles. The van der Waals surface area contributed by atoms with Gasteiger partial charge in [-0.25, -0.2) is 8.42 Å². The Kier molecular flexibility index (Phi) is 7.57. The summed E-state index contributed by atoms with van der Waals surface area (Å²) in [5.41, 5.74) is 1.10. The zero-order valence-corrected chi connectivity index (χ0v) is 17.8. The number of hydrogen-bond donors (Lipinski definition) is 2. The zero-order chi connectivity index (χ0) is 21.6. The number of alkyl halides is 2. The van der Waals surface area contributed by atoms with E-state index in [1.165, 1.54) is 12.1 Å². The monoisotopic (exact) mass is 455 g/mol. The highest BCUT2D eigenvalue weighted by atomic mass is 32.2. The van der Waals surface area contributed by atoms with Crippen molar-refractivity contribution in [3.8, 4) is 5.75 Å². The van der Waals surface area contributed by atoms with Gasteiger partial charge in [-0.15, -0.1) is 0 Å². The highest BCUT2D eigenvalue weighted by molar-refractivity contribution is 7.89. The van der Waals surface area contributed by atoms with Crippen LogP contribution in [0.3, 0.4) is 0 Å². The van der Waals surface area contributed by atoms with E-state index in [9.17, 15) is 17.2 Å². The van der Waals surface area contributed by atoms with E-state index < -0.39 is 16.6 Å². The van der Waals surface area contributed by atoms with Crippen molar-refractivity contribution in [2.24, 2.45) is 0 Å².